The van der Waals surface area contributed by atoms with Crippen molar-refractivity contribution in [3.63, 3.8) is 0 Å². The first-order valence-electron chi connectivity index (χ1n) is 6.40. The van der Waals surface area contributed by atoms with Gasteiger partial charge in [0.1, 0.15) is 0 Å². The zero-order valence-corrected chi connectivity index (χ0v) is 12.7. The second-order valence-corrected chi connectivity index (χ2v) is 4.95. The van der Waals surface area contributed by atoms with E-state index < -0.39 is 11.7 Å². The smallest absolute Gasteiger partial charge is 0.353 e. The van der Waals surface area contributed by atoms with Crippen LogP contribution in [0.15, 0.2) is 24.3 Å². The topological polar surface area (TPSA) is 55.1 Å². The lowest BCUT2D eigenvalue weighted by atomic mass is 10.0. The van der Waals surface area contributed by atoms with Gasteiger partial charge < -0.3 is 11.1 Å². The molecule has 0 fully saturated rings. The standard InChI is InChI=1S/C14H19F3N2O.ClH/c1-9(8-18)13(20)19-10(2)7-11-3-5-12(6-4-11)14(15,16)17;/h3-6,9-10H,7-8,18H2,1-2H3,(H,19,20);1H. The molecule has 21 heavy (non-hydrogen) atoms. The van der Waals surface area contributed by atoms with Crippen LogP contribution in [0.25, 0.3) is 0 Å². The van der Waals surface area contributed by atoms with Crippen LogP contribution in [-0.4, -0.2) is 18.5 Å². The summed E-state index contributed by atoms with van der Waals surface area (Å²) in [5, 5.41) is 2.78. The van der Waals surface area contributed by atoms with Gasteiger partial charge in [0.2, 0.25) is 5.91 Å². The van der Waals surface area contributed by atoms with E-state index in [-0.39, 0.29) is 36.8 Å². The van der Waals surface area contributed by atoms with Gasteiger partial charge in [0.15, 0.2) is 0 Å². The molecule has 0 spiro atoms. The van der Waals surface area contributed by atoms with Gasteiger partial charge in [-0.3, -0.25) is 4.79 Å². The first-order chi connectivity index (χ1) is 9.24. The maximum absolute atomic E-state index is 12.4. The summed E-state index contributed by atoms with van der Waals surface area (Å²) < 4.78 is 37.2. The summed E-state index contributed by atoms with van der Waals surface area (Å²) in [4.78, 5) is 11.6. The monoisotopic (exact) mass is 324 g/mol. The Kier molecular flexibility index (Phi) is 7.74. The van der Waals surface area contributed by atoms with E-state index in [1.54, 1.807) is 13.8 Å². The molecule has 1 rings (SSSR count). The molecule has 0 aliphatic rings. The highest BCUT2D eigenvalue weighted by atomic mass is 35.5. The van der Waals surface area contributed by atoms with Crippen LogP contribution in [0.2, 0.25) is 0 Å². The maximum atomic E-state index is 12.4. The third kappa shape index (κ3) is 6.35. The lowest BCUT2D eigenvalue weighted by Gasteiger charge is -2.17. The molecule has 3 nitrogen and oxygen atoms in total. The average Bonchev–Trinajstić information content (AvgIpc) is 2.37. The van der Waals surface area contributed by atoms with Crippen molar-refractivity contribution in [3.05, 3.63) is 35.4 Å². The summed E-state index contributed by atoms with van der Waals surface area (Å²) in [6.45, 7) is 3.79. The molecule has 2 unspecified atom stereocenters. The zero-order chi connectivity index (χ0) is 15.3. The van der Waals surface area contributed by atoms with Gasteiger partial charge in [0.05, 0.1) is 5.56 Å². The van der Waals surface area contributed by atoms with Crippen molar-refractivity contribution in [2.24, 2.45) is 11.7 Å². The molecule has 0 radical (unpaired) electrons. The highest BCUT2D eigenvalue weighted by molar-refractivity contribution is 5.85. The van der Waals surface area contributed by atoms with Crippen molar-refractivity contribution >= 4 is 18.3 Å². The van der Waals surface area contributed by atoms with Crippen LogP contribution in [0, 0.1) is 5.92 Å². The lowest BCUT2D eigenvalue weighted by molar-refractivity contribution is -0.137. The van der Waals surface area contributed by atoms with Crippen molar-refractivity contribution in [1.29, 1.82) is 0 Å². The first-order valence-corrected chi connectivity index (χ1v) is 6.40. The number of hydrogen-bond acceptors (Lipinski definition) is 2. The molecule has 1 amide bonds. The second kappa shape index (κ2) is 8.24. The Balaban J connectivity index is 0.00000400. The summed E-state index contributed by atoms with van der Waals surface area (Å²) in [5.41, 5.74) is 5.46. The predicted octanol–water partition coefficient (Wildman–Crippen LogP) is 2.77. The van der Waals surface area contributed by atoms with Crippen LogP contribution in [0.1, 0.15) is 25.0 Å². The number of carbonyl (C=O) groups excluding carboxylic acids is 1. The maximum Gasteiger partial charge on any atom is 0.416 e. The van der Waals surface area contributed by atoms with Crippen molar-refractivity contribution < 1.29 is 18.0 Å². The van der Waals surface area contributed by atoms with E-state index in [4.69, 9.17) is 5.73 Å². The molecule has 0 saturated carbocycles. The minimum Gasteiger partial charge on any atom is -0.353 e. The van der Waals surface area contributed by atoms with Gasteiger partial charge in [-0.2, -0.15) is 13.2 Å². The van der Waals surface area contributed by atoms with E-state index in [2.05, 4.69) is 5.32 Å². The zero-order valence-electron chi connectivity index (χ0n) is 11.9. The molecular weight excluding hydrogens is 305 g/mol. The Hall–Kier alpha value is -1.27. The van der Waals surface area contributed by atoms with Crippen molar-refractivity contribution in [2.75, 3.05) is 6.54 Å². The fourth-order valence-electron chi connectivity index (χ4n) is 1.73. The molecule has 120 valence electrons. The Bertz CT molecular complexity index is 449. The van der Waals surface area contributed by atoms with Gasteiger partial charge in [-0.05, 0) is 31.0 Å². The minimum atomic E-state index is -4.32. The largest absolute Gasteiger partial charge is 0.416 e. The number of carbonyl (C=O) groups is 1. The van der Waals surface area contributed by atoms with E-state index in [0.29, 0.717) is 6.42 Å². The number of hydrogen-bond donors (Lipinski definition) is 2. The summed E-state index contributed by atoms with van der Waals surface area (Å²) in [6, 6.07) is 4.79. The lowest BCUT2D eigenvalue weighted by Crippen LogP contribution is -2.39. The molecule has 0 saturated heterocycles. The molecule has 0 aliphatic heterocycles. The summed E-state index contributed by atoms with van der Waals surface area (Å²) in [7, 11) is 0. The van der Waals surface area contributed by atoms with E-state index in [1.807, 2.05) is 0 Å². The number of amides is 1. The molecule has 3 N–H and O–H groups in total. The van der Waals surface area contributed by atoms with Crippen molar-refractivity contribution in [2.45, 2.75) is 32.5 Å². The Morgan fingerprint density at radius 2 is 1.76 bits per heavy atom. The molecule has 0 aliphatic carbocycles. The number of nitrogens with one attached hydrogen (secondary N) is 1. The van der Waals surface area contributed by atoms with Crippen LogP contribution in [0.5, 0.6) is 0 Å². The quantitative estimate of drug-likeness (QED) is 0.875. The number of alkyl halides is 3. The number of benzene rings is 1. The van der Waals surface area contributed by atoms with Crippen LogP contribution < -0.4 is 11.1 Å². The second-order valence-electron chi connectivity index (χ2n) is 4.95. The molecule has 0 aromatic heterocycles. The van der Waals surface area contributed by atoms with E-state index >= 15 is 0 Å². The van der Waals surface area contributed by atoms with E-state index in [0.717, 1.165) is 17.7 Å². The molecular formula is C14H20ClF3N2O. The van der Waals surface area contributed by atoms with Crippen molar-refractivity contribution in [3.8, 4) is 0 Å². The fraction of sp³-hybridized carbons (Fsp3) is 0.500. The van der Waals surface area contributed by atoms with E-state index in [1.165, 1.54) is 12.1 Å². The Morgan fingerprint density at radius 3 is 2.19 bits per heavy atom. The SMILES string of the molecule is CC(Cc1ccc(C(F)(F)F)cc1)NC(=O)C(C)CN.Cl. The Labute approximate surface area is 128 Å². The first kappa shape index (κ1) is 19.7. The van der Waals surface area contributed by atoms with Crippen LogP contribution in [0.3, 0.4) is 0 Å². The molecule has 7 heteroatoms. The Morgan fingerprint density at radius 1 is 1.24 bits per heavy atom. The molecule has 1 aromatic rings. The normalized spacial score (nSPS) is 14.0. The third-order valence-corrected chi connectivity index (χ3v) is 3.01. The number of halogens is 4. The van der Waals surface area contributed by atoms with Gasteiger partial charge in [-0.25, -0.2) is 0 Å². The number of rotatable bonds is 5. The van der Waals surface area contributed by atoms with Gasteiger partial charge >= 0.3 is 6.18 Å². The number of nitrogens with two attached hydrogens (primary N) is 1. The highest BCUT2D eigenvalue weighted by Crippen LogP contribution is 2.29. The van der Waals surface area contributed by atoms with Gasteiger partial charge in [-0.15, -0.1) is 12.4 Å². The van der Waals surface area contributed by atoms with Crippen molar-refractivity contribution in [1.82, 2.24) is 5.32 Å². The third-order valence-electron chi connectivity index (χ3n) is 3.01. The average molecular weight is 325 g/mol. The summed E-state index contributed by atoms with van der Waals surface area (Å²) in [5.74, 6) is -0.419. The van der Waals surface area contributed by atoms with Gasteiger partial charge in [0.25, 0.3) is 0 Å². The summed E-state index contributed by atoms with van der Waals surface area (Å²) >= 11 is 0. The summed E-state index contributed by atoms with van der Waals surface area (Å²) in [6.07, 6.45) is -3.85. The van der Waals surface area contributed by atoms with Gasteiger partial charge in [-0.1, -0.05) is 19.1 Å². The van der Waals surface area contributed by atoms with Crippen LogP contribution >= 0.6 is 12.4 Å². The molecule has 1 aromatic carbocycles. The highest BCUT2D eigenvalue weighted by Gasteiger charge is 2.29. The van der Waals surface area contributed by atoms with E-state index in [9.17, 15) is 18.0 Å². The van der Waals surface area contributed by atoms with Gasteiger partial charge in [0, 0.05) is 18.5 Å². The predicted molar refractivity (Wildman–Crippen MR) is 78.2 cm³/mol. The van der Waals surface area contributed by atoms with Crippen LogP contribution in [-0.2, 0) is 17.4 Å². The molecule has 0 heterocycles. The molecule has 0 bridgehead atoms. The molecule has 2 atom stereocenters. The van der Waals surface area contributed by atoms with Crippen LogP contribution in [0.4, 0.5) is 13.2 Å². The minimum absolute atomic E-state index is 0. The fourth-order valence-corrected chi connectivity index (χ4v) is 1.73.